The molecule has 0 spiro atoms. The van der Waals surface area contributed by atoms with Gasteiger partial charge in [0.05, 0.1) is 4.90 Å². The minimum absolute atomic E-state index is 0.275. The summed E-state index contributed by atoms with van der Waals surface area (Å²) < 4.78 is 28.1. The number of fused-ring (bicyclic) bond motifs is 1. The number of pyridine rings is 1. The number of aryl methyl sites for hydroxylation is 1. The molecule has 1 aromatic heterocycles. The van der Waals surface area contributed by atoms with Gasteiger partial charge in [0.1, 0.15) is 0 Å². The topological polar surface area (TPSA) is 59.1 Å². The molecule has 0 bridgehead atoms. The van der Waals surface area contributed by atoms with Crippen molar-refractivity contribution in [2.75, 3.05) is 0 Å². The van der Waals surface area contributed by atoms with E-state index in [1.54, 1.807) is 30.6 Å². The van der Waals surface area contributed by atoms with Crippen LogP contribution in [0.15, 0.2) is 59.8 Å². The third kappa shape index (κ3) is 3.11. The summed E-state index contributed by atoms with van der Waals surface area (Å²) >= 11 is 0. The fourth-order valence-electron chi connectivity index (χ4n) is 2.58. The van der Waals surface area contributed by atoms with Crippen LogP contribution in [0.25, 0.3) is 10.8 Å². The van der Waals surface area contributed by atoms with Gasteiger partial charge in [0, 0.05) is 29.7 Å². The zero-order valence-corrected chi connectivity index (χ0v) is 13.9. The standard InChI is InChI=1S/C18H18N2O2S/c1-13-5-3-6-15(14(13)2)12-20-23(21,22)18-8-4-7-16-11-19-10-9-17(16)18/h3-11,20H,12H2,1-2H3. The van der Waals surface area contributed by atoms with Gasteiger partial charge in [0.2, 0.25) is 10.0 Å². The smallest absolute Gasteiger partial charge is 0.241 e. The molecule has 3 rings (SSSR count). The molecule has 0 aliphatic heterocycles. The Morgan fingerprint density at radius 2 is 1.83 bits per heavy atom. The lowest BCUT2D eigenvalue weighted by molar-refractivity contribution is 0.582. The minimum Gasteiger partial charge on any atom is -0.264 e. The number of hydrogen-bond donors (Lipinski definition) is 1. The van der Waals surface area contributed by atoms with Crippen molar-refractivity contribution in [3.63, 3.8) is 0 Å². The molecule has 0 aliphatic carbocycles. The monoisotopic (exact) mass is 326 g/mol. The highest BCUT2D eigenvalue weighted by atomic mass is 32.2. The number of nitrogens with one attached hydrogen (secondary N) is 1. The molecule has 4 nitrogen and oxygen atoms in total. The Balaban J connectivity index is 1.94. The van der Waals surface area contributed by atoms with E-state index in [2.05, 4.69) is 9.71 Å². The zero-order chi connectivity index (χ0) is 16.4. The third-order valence-corrected chi connectivity index (χ3v) is 5.56. The summed E-state index contributed by atoms with van der Waals surface area (Å²) in [4.78, 5) is 4.32. The molecule has 0 atom stereocenters. The van der Waals surface area contributed by atoms with E-state index in [-0.39, 0.29) is 11.4 Å². The predicted octanol–water partition coefficient (Wildman–Crippen LogP) is 3.33. The summed E-state index contributed by atoms with van der Waals surface area (Å²) in [5, 5.41) is 1.48. The first-order chi connectivity index (χ1) is 11.0. The highest BCUT2D eigenvalue weighted by molar-refractivity contribution is 7.89. The molecule has 23 heavy (non-hydrogen) atoms. The first-order valence-electron chi connectivity index (χ1n) is 7.36. The SMILES string of the molecule is Cc1cccc(CNS(=O)(=O)c2cccc3cnccc23)c1C. The first kappa shape index (κ1) is 15.6. The number of nitrogens with zero attached hydrogens (tertiary/aromatic N) is 1. The molecule has 1 heterocycles. The Bertz CT molecular complexity index is 960. The molecule has 0 saturated carbocycles. The lowest BCUT2D eigenvalue weighted by atomic mass is 10.0. The highest BCUT2D eigenvalue weighted by Gasteiger charge is 2.17. The van der Waals surface area contributed by atoms with Gasteiger partial charge in [0.25, 0.3) is 0 Å². The molecule has 0 aliphatic rings. The predicted molar refractivity (Wildman–Crippen MR) is 91.7 cm³/mol. The zero-order valence-electron chi connectivity index (χ0n) is 13.1. The van der Waals surface area contributed by atoms with Crippen LogP contribution in [-0.2, 0) is 16.6 Å². The van der Waals surface area contributed by atoms with Crippen molar-refractivity contribution in [2.45, 2.75) is 25.3 Å². The highest BCUT2D eigenvalue weighted by Crippen LogP contribution is 2.22. The Morgan fingerprint density at radius 3 is 2.65 bits per heavy atom. The Morgan fingerprint density at radius 1 is 1.04 bits per heavy atom. The molecule has 118 valence electrons. The van der Waals surface area contributed by atoms with Crippen LogP contribution in [0, 0.1) is 13.8 Å². The quantitative estimate of drug-likeness (QED) is 0.800. The Labute approximate surface area is 136 Å². The number of rotatable bonds is 4. The third-order valence-electron chi connectivity index (χ3n) is 4.10. The molecule has 0 amide bonds. The molecule has 0 radical (unpaired) electrons. The van der Waals surface area contributed by atoms with Gasteiger partial charge < -0.3 is 0 Å². The van der Waals surface area contributed by atoms with E-state index in [0.29, 0.717) is 5.39 Å². The number of hydrogen-bond acceptors (Lipinski definition) is 3. The summed E-state index contributed by atoms with van der Waals surface area (Å²) in [7, 11) is -3.59. The van der Waals surface area contributed by atoms with E-state index in [4.69, 9.17) is 0 Å². The van der Waals surface area contributed by atoms with Crippen molar-refractivity contribution >= 4 is 20.8 Å². The Hall–Kier alpha value is -2.24. The van der Waals surface area contributed by atoms with Crippen molar-refractivity contribution in [1.82, 2.24) is 9.71 Å². The molecular weight excluding hydrogens is 308 g/mol. The average molecular weight is 326 g/mol. The average Bonchev–Trinajstić information content (AvgIpc) is 2.55. The van der Waals surface area contributed by atoms with E-state index in [1.807, 2.05) is 38.1 Å². The second-order valence-electron chi connectivity index (χ2n) is 5.54. The van der Waals surface area contributed by atoms with Crippen LogP contribution in [0.5, 0.6) is 0 Å². The maximum atomic E-state index is 12.7. The van der Waals surface area contributed by atoms with Crippen LogP contribution in [0.2, 0.25) is 0 Å². The van der Waals surface area contributed by atoms with Gasteiger partial charge in [-0.15, -0.1) is 0 Å². The molecule has 3 aromatic rings. The van der Waals surface area contributed by atoms with Gasteiger partial charge in [0.15, 0.2) is 0 Å². The van der Waals surface area contributed by atoms with Gasteiger partial charge in [-0.1, -0.05) is 30.3 Å². The molecule has 0 unspecified atom stereocenters. The fourth-order valence-corrected chi connectivity index (χ4v) is 3.82. The van der Waals surface area contributed by atoms with Crippen molar-refractivity contribution < 1.29 is 8.42 Å². The summed E-state index contributed by atoms with van der Waals surface area (Å²) in [6.07, 6.45) is 3.27. The van der Waals surface area contributed by atoms with Gasteiger partial charge in [-0.25, -0.2) is 13.1 Å². The maximum absolute atomic E-state index is 12.7. The normalized spacial score (nSPS) is 11.7. The van der Waals surface area contributed by atoms with E-state index < -0.39 is 10.0 Å². The summed E-state index contributed by atoms with van der Waals surface area (Å²) in [5.74, 6) is 0. The summed E-state index contributed by atoms with van der Waals surface area (Å²) in [5.41, 5.74) is 3.24. The van der Waals surface area contributed by atoms with Crippen LogP contribution in [0.1, 0.15) is 16.7 Å². The van der Waals surface area contributed by atoms with E-state index >= 15 is 0 Å². The van der Waals surface area contributed by atoms with E-state index in [0.717, 1.165) is 22.1 Å². The molecule has 0 fully saturated rings. The second-order valence-corrected chi connectivity index (χ2v) is 7.27. The minimum atomic E-state index is -3.59. The lowest BCUT2D eigenvalue weighted by Gasteiger charge is -2.12. The van der Waals surface area contributed by atoms with Crippen LogP contribution in [-0.4, -0.2) is 13.4 Å². The lowest BCUT2D eigenvalue weighted by Crippen LogP contribution is -2.24. The molecule has 5 heteroatoms. The largest absolute Gasteiger partial charge is 0.264 e. The maximum Gasteiger partial charge on any atom is 0.241 e. The number of sulfonamides is 1. The van der Waals surface area contributed by atoms with Crippen LogP contribution in [0.3, 0.4) is 0 Å². The van der Waals surface area contributed by atoms with Crippen molar-refractivity contribution in [2.24, 2.45) is 0 Å². The van der Waals surface area contributed by atoms with Crippen LogP contribution >= 0.6 is 0 Å². The van der Waals surface area contributed by atoms with E-state index in [1.165, 1.54) is 0 Å². The first-order valence-corrected chi connectivity index (χ1v) is 8.85. The molecular formula is C18H18N2O2S. The molecule has 0 saturated heterocycles. The number of aromatic nitrogens is 1. The van der Waals surface area contributed by atoms with Crippen molar-refractivity contribution in [3.05, 3.63) is 71.5 Å². The molecule has 2 aromatic carbocycles. The number of benzene rings is 2. The van der Waals surface area contributed by atoms with Gasteiger partial charge in [-0.2, -0.15) is 0 Å². The molecule has 1 N–H and O–H groups in total. The van der Waals surface area contributed by atoms with Crippen LogP contribution < -0.4 is 4.72 Å². The Kier molecular flexibility index (Phi) is 4.15. The second kappa shape index (κ2) is 6.10. The summed E-state index contributed by atoms with van der Waals surface area (Å²) in [6.45, 7) is 4.30. The summed E-state index contributed by atoms with van der Waals surface area (Å²) in [6, 6.07) is 12.8. The van der Waals surface area contributed by atoms with Crippen molar-refractivity contribution in [3.8, 4) is 0 Å². The van der Waals surface area contributed by atoms with Gasteiger partial charge in [-0.3, -0.25) is 4.98 Å². The fraction of sp³-hybridized carbons (Fsp3) is 0.167. The van der Waals surface area contributed by atoms with Crippen molar-refractivity contribution in [1.29, 1.82) is 0 Å². The van der Waals surface area contributed by atoms with Gasteiger partial charge in [-0.05, 0) is 42.7 Å². The van der Waals surface area contributed by atoms with Crippen LogP contribution in [0.4, 0.5) is 0 Å². The van der Waals surface area contributed by atoms with E-state index in [9.17, 15) is 8.42 Å². The van der Waals surface area contributed by atoms with Gasteiger partial charge >= 0.3 is 0 Å².